The molecular formula is C26H25FN2O3. The van der Waals surface area contributed by atoms with Gasteiger partial charge in [0.05, 0.1) is 13.0 Å². The van der Waals surface area contributed by atoms with Crippen LogP contribution in [0.5, 0.6) is 5.75 Å². The van der Waals surface area contributed by atoms with Crippen LogP contribution in [0.4, 0.5) is 4.39 Å². The van der Waals surface area contributed by atoms with Crippen molar-refractivity contribution in [3.63, 3.8) is 0 Å². The predicted molar refractivity (Wildman–Crippen MR) is 123 cm³/mol. The van der Waals surface area contributed by atoms with E-state index in [1.165, 1.54) is 12.1 Å². The minimum atomic E-state index is -0.318. The summed E-state index contributed by atoms with van der Waals surface area (Å²) >= 11 is 0. The second-order valence-electron chi connectivity index (χ2n) is 7.51. The number of carbonyl (C=O) groups is 1. The zero-order chi connectivity index (χ0) is 22.5. The van der Waals surface area contributed by atoms with Gasteiger partial charge in [0.2, 0.25) is 0 Å². The van der Waals surface area contributed by atoms with E-state index >= 15 is 0 Å². The number of nitrogens with one attached hydrogen (secondary N) is 1. The molecule has 0 bridgehead atoms. The zero-order valence-corrected chi connectivity index (χ0v) is 17.9. The number of benzene rings is 3. The van der Waals surface area contributed by atoms with Gasteiger partial charge in [-0.15, -0.1) is 0 Å². The van der Waals surface area contributed by atoms with Gasteiger partial charge >= 0.3 is 5.97 Å². The Labute approximate surface area is 186 Å². The highest BCUT2D eigenvalue weighted by Gasteiger charge is 2.12. The maximum Gasteiger partial charge on any atom is 0.310 e. The van der Waals surface area contributed by atoms with Gasteiger partial charge in [-0.25, -0.2) is 4.39 Å². The van der Waals surface area contributed by atoms with Crippen LogP contribution in [0.1, 0.15) is 23.6 Å². The fourth-order valence-electron chi connectivity index (χ4n) is 3.79. The zero-order valence-electron chi connectivity index (χ0n) is 17.9. The van der Waals surface area contributed by atoms with Crippen LogP contribution in [0.2, 0.25) is 0 Å². The summed E-state index contributed by atoms with van der Waals surface area (Å²) in [6.45, 7) is 2.68. The van der Waals surface area contributed by atoms with Gasteiger partial charge in [-0.3, -0.25) is 4.79 Å². The molecule has 0 fully saturated rings. The molecule has 0 saturated carbocycles. The largest absolute Gasteiger partial charge is 0.489 e. The van der Waals surface area contributed by atoms with Crippen molar-refractivity contribution in [1.29, 1.82) is 0 Å². The molecule has 4 rings (SSSR count). The molecule has 3 N–H and O–H groups in total. The van der Waals surface area contributed by atoms with Gasteiger partial charge in [-0.05, 0) is 71.6 Å². The van der Waals surface area contributed by atoms with Crippen LogP contribution in [0, 0.1) is 5.82 Å². The molecule has 5 nitrogen and oxygen atoms in total. The molecule has 0 unspecified atom stereocenters. The molecule has 0 radical (unpaired) electrons. The first-order chi connectivity index (χ1) is 15.6. The van der Waals surface area contributed by atoms with E-state index in [1.54, 1.807) is 6.92 Å². The average molecular weight is 432 g/mol. The molecule has 1 heterocycles. The fraction of sp³-hybridized carbons (Fsp3) is 0.192. The van der Waals surface area contributed by atoms with Gasteiger partial charge in [-0.1, -0.05) is 18.2 Å². The maximum atomic E-state index is 14.2. The number of halogens is 1. The van der Waals surface area contributed by atoms with Crippen LogP contribution >= 0.6 is 0 Å². The van der Waals surface area contributed by atoms with E-state index in [0.29, 0.717) is 19.0 Å². The van der Waals surface area contributed by atoms with Crippen molar-refractivity contribution in [2.75, 3.05) is 6.61 Å². The van der Waals surface area contributed by atoms with E-state index in [1.807, 2.05) is 54.7 Å². The Balaban J connectivity index is 1.64. The number of nitrogens with two attached hydrogens (primary N) is 1. The first-order valence-corrected chi connectivity index (χ1v) is 10.5. The Bertz CT molecular complexity index is 1250. The van der Waals surface area contributed by atoms with E-state index in [9.17, 15) is 9.18 Å². The Kier molecular flexibility index (Phi) is 6.52. The molecule has 1 aromatic heterocycles. The van der Waals surface area contributed by atoms with Crippen LogP contribution in [0.25, 0.3) is 22.0 Å². The van der Waals surface area contributed by atoms with Crippen molar-refractivity contribution in [3.05, 3.63) is 89.4 Å². The Morgan fingerprint density at radius 2 is 1.91 bits per heavy atom. The quantitative estimate of drug-likeness (QED) is 0.379. The number of para-hydroxylation sites is 1. The number of aromatic amines is 1. The van der Waals surface area contributed by atoms with E-state index in [4.69, 9.17) is 15.2 Å². The summed E-state index contributed by atoms with van der Waals surface area (Å²) in [5.74, 6) is 0.0199. The first-order valence-electron chi connectivity index (χ1n) is 10.5. The van der Waals surface area contributed by atoms with Crippen LogP contribution in [0.3, 0.4) is 0 Å². The van der Waals surface area contributed by atoms with Gasteiger partial charge in [0.15, 0.2) is 0 Å². The average Bonchev–Trinajstić information content (AvgIpc) is 3.26. The van der Waals surface area contributed by atoms with Crippen molar-refractivity contribution in [3.8, 4) is 16.9 Å². The Morgan fingerprint density at radius 3 is 2.72 bits per heavy atom. The topological polar surface area (TPSA) is 77.3 Å². The second kappa shape index (κ2) is 9.66. The lowest BCUT2D eigenvalue weighted by Crippen LogP contribution is -2.09. The van der Waals surface area contributed by atoms with Gasteiger partial charge in [-0.2, -0.15) is 0 Å². The lowest BCUT2D eigenvalue weighted by molar-refractivity contribution is -0.142. The lowest BCUT2D eigenvalue weighted by atomic mass is 9.97. The summed E-state index contributed by atoms with van der Waals surface area (Å²) in [6, 6.07) is 18.3. The number of rotatable bonds is 8. The molecule has 0 spiro atoms. The fourth-order valence-corrected chi connectivity index (χ4v) is 3.79. The van der Waals surface area contributed by atoms with E-state index in [2.05, 4.69) is 4.98 Å². The van der Waals surface area contributed by atoms with E-state index in [-0.39, 0.29) is 24.8 Å². The number of hydrogen-bond donors (Lipinski definition) is 2. The monoisotopic (exact) mass is 432 g/mol. The molecule has 0 aliphatic heterocycles. The van der Waals surface area contributed by atoms with E-state index in [0.717, 1.165) is 38.7 Å². The summed E-state index contributed by atoms with van der Waals surface area (Å²) in [5, 5.41) is 0.991. The smallest absolute Gasteiger partial charge is 0.310 e. The molecule has 3 aromatic carbocycles. The van der Waals surface area contributed by atoms with Crippen LogP contribution < -0.4 is 10.5 Å². The third-order valence-electron chi connectivity index (χ3n) is 5.24. The van der Waals surface area contributed by atoms with Gasteiger partial charge in [0, 0.05) is 29.2 Å². The first kappa shape index (κ1) is 21.6. The van der Waals surface area contributed by atoms with Gasteiger partial charge < -0.3 is 20.2 Å². The number of aromatic nitrogens is 1. The molecular weight excluding hydrogens is 407 g/mol. The highest BCUT2D eigenvalue weighted by molar-refractivity contribution is 5.95. The second-order valence-corrected chi connectivity index (χ2v) is 7.51. The molecule has 0 atom stereocenters. The summed E-state index contributed by atoms with van der Waals surface area (Å²) in [7, 11) is 0. The molecule has 32 heavy (non-hydrogen) atoms. The van der Waals surface area contributed by atoms with Crippen molar-refractivity contribution >= 4 is 16.9 Å². The predicted octanol–water partition coefficient (Wildman–Crippen LogP) is 5.12. The van der Waals surface area contributed by atoms with Gasteiger partial charge in [0.1, 0.15) is 18.2 Å². The molecule has 164 valence electrons. The van der Waals surface area contributed by atoms with Crippen molar-refractivity contribution in [2.45, 2.75) is 26.5 Å². The summed E-state index contributed by atoms with van der Waals surface area (Å²) in [5.41, 5.74) is 10.8. The highest BCUT2D eigenvalue weighted by atomic mass is 19.1. The third-order valence-corrected chi connectivity index (χ3v) is 5.24. The lowest BCUT2D eigenvalue weighted by Gasteiger charge is -2.13. The summed E-state index contributed by atoms with van der Waals surface area (Å²) < 4.78 is 25.3. The Morgan fingerprint density at radius 1 is 1.06 bits per heavy atom. The number of hydrogen-bond acceptors (Lipinski definition) is 4. The molecule has 4 aromatic rings. The van der Waals surface area contributed by atoms with Crippen molar-refractivity contribution < 1.29 is 18.7 Å². The third kappa shape index (κ3) is 4.81. The van der Waals surface area contributed by atoms with E-state index < -0.39 is 0 Å². The summed E-state index contributed by atoms with van der Waals surface area (Å²) in [6.07, 6.45) is 2.01. The van der Waals surface area contributed by atoms with Crippen LogP contribution in [0.15, 0.2) is 66.9 Å². The molecule has 6 heteroatoms. The van der Waals surface area contributed by atoms with Crippen LogP contribution in [-0.4, -0.2) is 17.6 Å². The minimum absolute atomic E-state index is 0.149. The molecule has 0 saturated heterocycles. The normalized spacial score (nSPS) is 11.0. The van der Waals surface area contributed by atoms with Gasteiger partial charge in [0.25, 0.3) is 0 Å². The number of ether oxygens (including phenoxy) is 2. The summed E-state index contributed by atoms with van der Waals surface area (Å²) in [4.78, 5) is 15.1. The number of fused-ring (bicyclic) bond motifs is 1. The number of carbonyl (C=O) groups excluding carboxylic acids is 1. The molecule has 0 amide bonds. The standard InChI is InChI=1S/C26H25FN2O3/c1-2-31-26(30)14-19-5-3-4-6-25(19)32-16-18-11-23(22-7-8-29-24(22)12-18)20-9-17(15-28)10-21(27)13-20/h3-13,29H,2,14-16,28H2,1H3. The minimum Gasteiger partial charge on any atom is -0.489 e. The maximum absolute atomic E-state index is 14.2. The number of H-pyrrole nitrogens is 1. The molecule has 0 aliphatic carbocycles. The Hall–Kier alpha value is -3.64. The van der Waals surface area contributed by atoms with Crippen molar-refractivity contribution in [2.24, 2.45) is 5.73 Å². The number of esters is 1. The van der Waals surface area contributed by atoms with Crippen LogP contribution in [-0.2, 0) is 29.1 Å². The van der Waals surface area contributed by atoms with Crippen molar-refractivity contribution in [1.82, 2.24) is 4.98 Å². The highest BCUT2D eigenvalue weighted by Crippen LogP contribution is 2.32. The SMILES string of the molecule is CCOC(=O)Cc1ccccc1OCc1cc(-c2cc(F)cc(CN)c2)c2cc[nH]c2c1. The molecule has 0 aliphatic rings.